The third kappa shape index (κ3) is 4.09. The molecule has 0 fully saturated rings. The van der Waals surface area contributed by atoms with E-state index in [0.717, 1.165) is 40.3 Å². The molecule has 0 aliphatic heterocycles. The summed E-state index contributed by atoms with van der Waals surface area (Å²) in [6.45, 7) is 4.62. The third-order valence-electron chi connectivity index (χ3n) is 11.0. The number of carbonyl (C=O) groups is 1. The molecule has 0 atom stereocenters. The van der Waals surface area contributed by atoms with Gasteiger partial charge in [0.05, 0.1) is 22.1 Å². The van der Waals surface area contributed by atoms with Crippen molar-refractivity contribution in [3.63, 3.8) is 0 Å². The molecule has 1 aliphatic rings. The number of hydrogen-bond donors (Lipinski definition) is 1. The van der Waals surface area contributed by atoms with Crippen LogP contribution in [-0.2, 0) is 10.2 Å². The van der Waals surface area contributed by atoms with Gasteiger partial charge in [-0.05, 0) is 101 Å². The van der Waals surface area contributed by atoms with Crippen molar-refractivity contribution in [1.82, 2.24) is 9.13 Å². The van der Waals surface area contributed by atoms with Crippen LogP contribution in [0, 0.1) is 11.3 Å². The Morgan fingerprint density at radius 2 is 1.10 bits per heavy atom. The van der Waals surface area contributed by atoms with Crippen LogP contribution in [0.3, 0.4) is 0 Å². The maximum atomic E-state index is 11.6. The summed E-state index contributed by atoms with van der Waals surface area (Å²) >= 11 is 0. The highest BCUT2D eigenvalue weighted by Crippen LogP contribution is 2.54. The first-order chi connectivity index (χ1) is 24.5. The van der Waals surface area contributed by atoms with E-state index in [-0.39, 0.29) is 11.0 Å². The van der Waals surface area contributed by atoms with E-state index in [4.69, 9.17) is 0 Å². The second kappa shape index (κ2) is 11.1. The van der Waals surface area contributed by atoms with Crippen LogP contribution in [0.25, 0.3) is 72.2 Å². The van der Waals surface area contributed by atoms with Gasteiger partial charge in [-0.1, -0.05) is 86.6 Å². The molecule has 1 aliphatic carbocycles. The van der Waals surface area contributed by atoms with Crippen molar-refractivity contribution in [2.24, 2.45) is 0 Å². The molecule has 5 heteroatoms. The van der Waals surface area contributed by atoms with Crippen molar-refractivity contribution in [1.29, 1.82) is 5.26 Å². The molecule has 2 heterocycles. The molecule has 0 saturated heterocycles. The van der Waals surface area contributed by atoms with E-state index >= 15 is 0 Å². The van der Waals surface area contributed by atoms with Gasteiger partial charge in [-0.15, -0.1) is 0 Å². The van der Waals surface area contributed by atoms with Crippen LogP contribution in [0.15, 0.2) is 133 Å². The fourth-order valence-electron chi connectivity index (χ4n) is 8.63. The van der Waals surface area contributed by atoms with Crippen molar-refractivity contribution in [2.75, 3.05) is 0 Å². The average Bonchev–Trinajstić information content (AvgIpc) is 3.77. The Morgan fingerprint density at radius 3 is 1.56 bits per heavy atom. The molecule has 2 aromatic heterocycles. The Kier molecular flexibility index (Phi) is 6.59. The molecule has 50 heavy (non-hydrogen) atoms. The maximum absolute atomic E-state index is 11.6. The molecule has 0 bridgehead atoms. The summed E-state index contributed by atoms with van der Waals surface area (Å²) in [4.78, 5) is 11.6. The average molecular weight is 648 g/mol. The number of rotatable bonds is 6. The Labute approximate surface area is 289 Å². The van der Waals surface area contributed by atoms with E-state index in [0.29, 0.717) is 5.56 Å². The van der Waals surface area contributed by atoms with E-state index in [9.17, 15) is 15.2 Å². The Hall–Kier alpha value is -6.38. The van der Waals surface area contributed by atoms with Gasteiger partial charge in [-0.3, -0.25) is 0 Å². The van der Waals surface area contributed by atoms with E-state index in [1.165, 1.54) is 55.8 Å². The zero-order chi connectivity index (χ0) is 34.1. The number of hydrogen-bond acceptors (Lipinski definition) is 2. The van der Waals surface area contributed by atoms with Gasteiger partial charge in [0.2, 0.25) is 0 Å². The second-order valence-electron chi connectivity index (χ2n) is 13.2. The minimum Gasteiger partial charge on any atom is -0.477 e. The van der Waals surface area contributed by atoms with Gasteiger partial charge in [0.15, 0.2) is 0 Å². The van der Waals surface area contributed by atoms with Crippen molar-refractivity contribution in [3.05, 3.63) is 150 Å². The number of carboxylic acids is 1. The molecule has 0 spiro atoms. The predicted octanol–water partition coefficient (Wildman–Crippen LogP) is 11.0. The fraction of sp³-hybridized carbons (Fsp3) is 0.111. The van der Waals surface area contributed by atoms with Gasteiger partial charge in [0, 0.05) is 38.3 Å². The summed E-state index contributed by atoms with van der Waals surface area (Å²) in [6.07, 6.45) is 3.37. The molecular formula is C45H33N3O2. The van der Waals surface area contributed by atoms with Crippen LogP contribution in [0.5, 0.6) is 0 Å². The Balaban J connectivity index is 1.23. The van der Waals surface area contributed by atoms with E-state index in [2.05, 4.69) is 126 Å². The molecule has 0 saturated carbocycles. The molecule has 8 aromatic rings. The summed E-state index contributed by atoms with van der Waals surface area (Å²) in [5, 5.41) is 23.4. The molecule has 0 unspecified atom stereocenters. The highest BCUT2D eigenvalue weighted by molar-refractivity contribution is 6.11. The molecular weight excluding hydrogens is 615 g/mol. The molecule has 9 rings (SSSR count). The van der Waals surface area contributed by atoms with Gasteiger partial charge in [0.25, 0.3) is 0 Å². The number of aliphatic carboxylic acids is 1. The van der Waals surface area contributed by atoms with Crippen LogP contribution in [0.1, 0.15) is 43.4 Å². The smallest absolute Gasteiger partial charge is 0.346 e. The lowest BCUT2D eigenvalue weighted by Crippen LogP contribution is -2.23. The highest BCUT2D eigenvalue weighted by Gasteiger charge is 2.41. The normalized spacial score (nSPS) is 13.6. The molecule has 0 amide bonds. The minimum atomic E-state index is -1.23. The summed E-state index contributed by atoms with van der Waals surface area (Å²) in [7, 11) is 0. The topological polar surface area (TPSA) is 71.0 Å². The van der Waals surface area contributed by atoms with Gasteiger partial charge in [-0.2, -0.15) is 5.26 Å². The quantitative estimate of drug-likeness (QED) is 0.144. The Morgan fingerprint density at radius 1 is 0.640 bits per heavy atom. The van der Waals surface area contributed by atoms with E-state index < -0.39 is 5.97 Å². The third-order valence-corrected chi connectivity index (χ3v) is 11.0. The van der Waals surface area contributed by atoms with Gasteiger partial charge >= 0.3 is 5.97 Å². The summed E-state index contributed by atoms with van der Waals surface area (Å²) in [6, 6.07) is 47.3. The van der Waals surface area contributed by atoms with Crippen LogP contribution in [0.4, 0.5) is 0 Å². The standard InChI is InChI=1S/C45H33N3O2/c1-3-45(4-2)38-25-30(47-40-14-8-5-11-34(40)35-12-6-9-15-41(35)47)18-20-32(38)33-21-19-31(26-39(33)45)48-42-16-10-7-13-36(42)37-24-28(17-22-43(37)48)23-29(27-46)44(49)50/h5-26H,3-4H2,1-2H3,(H,49,50)/b29-23+. The Bertz CT molecular complexity index is 2730. The minimum absolute atomic E-state index is 0.156. The number of nitrogens with zero attached hydrogens (tertiary/aromatic N) is 3. The maximum Gasteiger partial charge on any atom is 0.346 e. The van der Waals surface area contributed by atoms with Gasteiger partial charge < -0.3 is 14.2 Å². The first-order valence-electron chi connectivity index (χ1n) is 17.1. The molecule has 240 valence electrons. The summed E-state index contributed by atoms with van der Waals surface area (Å²) < 4.78 is 4.72. The lowest BCUT2D eigenvalue weighted by molar-refractivity contribution is -0.132. The first-order valence-corrected chi connectivity index (χ1v) is 17.1. The number of fused-ring (bicyclic) bond motifs is 9. The molecule has 6 aromatic carbocycles. The summed E-state index contributed by atoms with van der Waals surface area (Å²) in [5.41, 5.74) is 12.3. The summed E-state index contributed by atoms with van der Waals surface area (Å²) in [5.74, 6) is -1.23. The number of aromatic nitrogens is 2. The van der Waals surface area contributed by atoms with Crippen molar-refractivity contribution in [2.45, 2.75) is 32.1 Å². The highest BCUT2D eigenvalue weighted by atomic mass is 16.4. The molecule has 1 N–H and O–H groups in total. The largest absolute Gasteiger partial charge is 0.477 e. The lowest BCUT2D eigenvalue weighted by Gasteiger charge is -2.30. The van der Waals surface area contributed by atoms with E-state index in [1.807, 2.05) is 24.3 Å². The first kappa shape index (κ1) is 29.7. The SMILES string of the molecule is CCC1(CC)c2cc(-n3c4ccccc4c4ccccc43)ccc2-c2ccc(-n3c4ccccc4c4cc(/C=C(\C#N)C(=O)O)ccc43)cc21. The number of para-hydroxylation sites is 3. The molecule has 0 radical (unpaired) electrons. The lowest BCUT2D eigenvalue weighted by atomic mass is 9.73. The van der Waals surface area contributed by atoms with Crippen molar-refractivity contribution >= 4 is 55.7 Å². The predicted molar refractivity (Wildman–Crippen MR) is 203 cm³/mol. The second-order valence-corrected chi connectivity index (χ2v) is 13.2. The number of carboxylic acid groups (broad SMARTS) is 1. The monoisotopic (exact) mass is 647 g/mol. The van der Waals surface area contributed by atoms with Crippen molar-refractivity contribution < 1.29 is 9.90 Å². The molecule has 5 nitrogen and oxygen atoms in total. The zero-order valence-electron chi connectivity index (χ0n) is 27.8. The number of benzene rings is 6. The van der Waals surface area contributed by atoms with Gasteiger partial charge in [-0.25, -0.2) is 4.79 Å². The van der Waals surface area contributed by atoms with E-state index in [1.54, 1.807) is 6.07 Å². The zero-order valence-corrected chi connectivity index (χ0v) is 27.8. The van der Waals surface area contributed by atoms with Crippen LogP contribution >= 0.6 is 0 Å². The fourth-order valence-corrected chi connectivity index (χ4v) is 8.63. The van der Waals surface area contributed by atoms with Crippen LogP contribution in [0.2, 0.25) is 0 Å². The van der Waals surface area contributed by atoms with Gasteiger partial charge in [0.1, 0.15) is 11.6 Å². The van der Waals surface area contributed by atoms with Crippen molar-refractivity contribution in [3.8, 4) is 28.6 Å². The van der Waals surface area contributed by atoms with Crippen LogP contribution < -0.4 is 0 Å². The van der Waals surface area contributed by atoms with Crippen LogP contribution in [-0.4, -0.2) is 20.2 Å². The number of nitriles is 1.